The van der Waals surface area contributed by atoms with Crippen molar-refractivity contribution in [2.75, 3.05) is 13.1 Å². The highest BCUT2D eigenvalue weighted by Crippen LogP contribution is 1.95. The lowest BCUT2D eigenvalue weighted by molar-refractivity contribution is 0.653. The number of nitrogens with zero attached hydrogens (tertiary/aromatic N) is 1. The summed E-state index contributed by atoms with van der Waals surface area (Å²) in [6, 6.07) is 5.72. The van der Waals surface area contributed by atoms with Gasteiger partial charge in [-0.1, -0.05) is 18.9 Å². The lowest BCUT2D eigenvalue weighted by Gasteiger charge is -1.94. The molecular weight excluding hydrogens is 174 g/mol. The molecule has 1 rings (SSSR count). The molecule has 0 aliphatic heterocycles. The Hall–Kier alpha value is -0.930. The van der Waals surface area contributed by atoms with Crippen molar-refractivity contribution < 1.29 is 0 Å². The molecule has 80 valence electrons. The van der Waals surface area contributed by atoms with E-state index in [4.69, 9.17) is 11.5 Å². The van der Waals surface area contributed by atoms with Gasteiger partial charge in [-0.3, -0.25) is 4.98 Å². The van der Waals surface area contributed by atoms with Crippen molar-refractivity contribution in [2.24, 2.45) is 11.5 Å². The van der Waals surface area contributed by atoms with E-state index in [-0.39, 0.29) is 0 Å². The Kier molecular flexibility index (Phi) is 11.3. The lowest BCUT2D eigenvalue weighted by atomic mass is 10.2. The molecule has 3 nitrogen and oxygen atoms in total. The van der Waals surface area contributed by atoms with Crippen LogP contribution in [0.15, 0.2) is 30.6 Å². The van der Waals surface area contributed by atoms with E-state index in [0.29, 0.717) is 0 Å². The molecule has 0 spiro atoms. The molecule has 3 heteroatoms. The fraction of sp³-hybridized carbons (Fsp3) is 0.545. The predicted octanol–water partition coefficient (Wildman–Crippen LogP) is 1.55. The summed E-state index contributed by atoms with van der Waals surface area (Å²) in [7, 11) is 0. The van der Waals surface area contributed by atoms with Crippen LogP contribution in [0.4, 0.5) is 0 Å². The Morgan fingerprint density at radius 2 is 1.21 bits per heavy atom. The molecule has 0 unspecified atom stereocenters. The summed E-state index contributed by atoms with van der Waals surface area (Å²) in [5.74, 6) is 0. The van der Waals surface area contributed by atoms with Crippen LogP contribution in [0.25, 0.3) is 0 Å². The second kappa shape index (κ2) is 12.1. The van der Waals surface area contributed by atoms with Gasteiger partial charge in [0.25, 0.3) is 0 Å². The fourth-order valence-electron chi connectivity index (χ4n) is 0.955. The van der Waals surface area contributed by atoms with Crippen LogP contribution < -0.4 is 11.5 Å². The first-order chi connectivity index (χ1) is 6.91. The van der Waals surface area contributed by atoms with Crippen LogP contribution in [-0.2, 0) is 0 Å². The van der Waals surface area contributed by atoms with Crippen molar-refractivity contribution >= 4 is 0 Å². The third-order valence-corrected chi connectivity index (χ3v) is 1.72. The standard InChI is InChI=1S/C6H16N2.C5H5N/c7-5-3-1-2-4-6-8;1-2-4-6-5-3-1/h1-8H2;1-5H. The summed E-state index contributed by atoms with van der Waals surface area (Å²) >= 11 is 0. The maximum atomic E-state index is 5.28. The third-order valence-electron chi connectivity index (χ3n) is 1.72. The molecule has 4 N–H and O–H groups in total. The zero-order valence-corrected chi connectivity index (χ0v) is 8.73. The van der Waals surface area contributed by atoms with Crippen LogP contribution in [0, 0.1) is 0 Å². The van der Waals surface area contributed by atoms with E-state index in [9.17, 15) is 0 Å². The SMILES string of the molecule is NCCCCCCN.c1ccncc1. The van der Waals surface area contributed by atoms with E-state index in [0.717, 1.165) is 25.9 Å². The van der Waals surface area contributed by atoms with Crippen molar-refractivity contribution in [1.29, 1.82) is 0 Å². The van der Waals surface area contributed by atoms with Crippen LogP contribution in [0.2, 0.25) is 0 Å². The molecule has 0 fully saturated rings. The van der Waals surface area contributed by atoms with Gasteiger partial charge in [-0.2, -0.15) is 0 Å². The highest BCUT2D eigenvalue weighted by Gasteiger charge is 1.83. The van der Waals surface area contributed by atoms with Crippen LogP contribution >= 0.6 is 0 Å². The summed E-state index contributed by atoms with van der Waals surface area (Å²) in [4.78, 5) is 3.78. The topological polar surface area (TPSA) is 64.9 Å². The number of hydrogen-bond acceptors (Lipinski definition) is 3. The Labute approximate surface area is 86.5 Å². The normalized spacial score (nSPS) is 9.00. The van der Waals surface area contributed by atoms with Crippen molar-refractivity contribution in [2.45, 2.75) is 25.7 Å². The molecule has 0 bridgehead atoms. The van der Waals surface area contributed by atoms with Gasteiger partial charge in [-0.15, -0.1) is 0 Å². The quantitative estimate of drug-likeness (QED) is 0.700. The monoisotopic (exact) mass is 195 g/mol. The second-order valence-electron chi connectivity index (χ2n) is 3.02. The van der Waals surface area contributed by atoms with E-state index < -0.39 is 0 Å². The number of nitrogens with two attached hydrogens (primary N) is 2. The number of aromatic nitrogens is 1. The molecule has 0 aliphatic rings. The predicted molar refractivity (Wildman–Crippen MR) is 60.8 cm³/mol. The van der Waals surface area contributed by atoms with Crippen LogP contribution in [0.3, 0.4) is 0 Å². The average molecular weight is 195 g/mol. The van der Waals surface area contributed by atoms with E-state index in [1.165, 1.54) is 12.8 Å². The zero-order valence-electron chi connectivity index (χ0n) is 8.73. The molecule has 0 atom stereocenters. The van der Waals surface area contributed by atoms with Gasteiger partial charge in [0, 0.05) is 12.4 Å². The van der Waals surface area contributed by atoms with E-state index in [2.05, 4.69) is 4.98 Å². The van der Waals surface area contributed by atoms with Gasteiger partial charge in [-0.05, 0) is 38.1 Å². The van der Waals surface area contributed by atoms with Crippen LogP contribution in [0.1, 0.15) is 25.7 Å². The Balaban J connectivity index is 0.000000249. The number of rotatable bonds is 5. The Morgan fingerprint density at radius 1 is 0.714 bits per heavy atom. The number of pyridine rings is 1. The van der Waals surface area contributed by atoms with Gasteiger partial charge in [0.05, 0.1) is 0 Å². The van der Waals surface area contributed by atoms with Gasteiger partial charge in [-0.25, -0.2) is 0 Å². The van der Waals surface area contributed by atoms with Crippen LogP contribution in [-0.4, -0.2) is 18.1 Å². The Morgan fingerprint density at radius 3 is 1.43 bits per heavy atom. The Bertz CT molecular complexity index is 144. The molecule has 0 saturated heterocycles. The minimum atomic E-state index is 0.824. The molecular formula is C11H21N3. The molecule has 0 saturated carbocycles. The van der Waals surface area contributed by atoms with E-state index in [1.54, 1.807) is 12.4 Å². The van der Waals surface area contributed by atoms with Crippen molar-refractivity contribution in [3.63, 3.8) is 0 Å². The minimum Gasteiger partial charge on any atom is -0.330 e. The minimum absolute atomic E-state index is 0.824. The van der Waals surface area contributed by atoms with Crippen LogP contribution in [0.5, 0.6) is 0 Å². The smallest absolute Gasteiger partial charge is 0.0267 e. The maximum Gasteiger partial charge on any atom is 0.0267 e. The summed E-state index contributed by atoms with van der Waals surface area (Å²) in [5, 5.41) is 0. The summed E-state index contributed by atoms with van der Waals surface area (Å²) < 4.78 is 0. The first-order valence-corrected chi connectivity index (χ1v) is 5.17. The highest BCUT2D eigenvalue weighted by molar-refractivity contribution is 4.88. The summed E-state index contributed by atoms with van der Waals surface area (Å²) in [5.41, 5.74) is 10.6. The molecule has 0 aliphatic carbocycles. The number of hydrogen-bond donors (Lipinski definition) is 2. The van der Waals surface area contributed by atoms with Crippen molar-refractivity contribution in [1.82, 2.24) is 4.98 Å². The third kappa shape index (κ3) is 11.1. The van der Waals surface area contributed by atoms with Gasteiger partial charge in [0.1, 0.15) is 0 Å². The zero-order chi connectivity index (χ0) is 10.5. The lowest BCUT2D eigenvalue weighted by Crippen LogP contribution is -2.00. The fourth-order valence-corrected chi connectivity index (χ4v) is 0.955. The largest absolute Gasteiger partial charge is 0.330 e. The van der Waals surface area contributed by atoms with Crippen molar-refractivity contribution in [3.8, 4) is 0 Å². The van der Waals surface area contributed by atoms with Gasteiger partial charge in [0.15, 0.2) is 0 Å². The van der Waals surface area contributed by atoms with Gasteiger partial charge in [0.2, 0.25) is 0 Å². The molecule has 0 radical (unpaired) electrons. The summed E-state index contributed by atoms with van der Waals surface area (Å²) in [6.07, 6.45) is 8.29. The van der Waals surface area contributed by atoms with E-state index >= 15 is 0 Å². The second-order valence-corrected chi connectivity index (χ2v) is 3.02. The average Bonchev–Trinajstić information content (AvgIpc) is 2.28. The van der Waals surface area contributed by atoms with E-state index in [1.807, 2.05) is 18.2 Å². The first-order valence-electron chi connectivity index (χ1n) is 5.17. The highest BCUT2D eigenvalue weighted by atomic mass is 14.6. The van der Waals surface area contributed by atoms with Gasteiger partial charge >= 0.3 is 0 Å². The molecule has 1 aromatic rings. The summed E-state index contributed by atoms with van der Waals surface area (Å²) in [6.45, 7) is 1.65. The van der Waals surface area contributed by atoms with Gasteiger partial charge < -0.3 is 11.5 Å². The van der Waals surface area contributed by atoms with Crippen molar-refractivity contribution in [3.05, 3.63) is 30.6 Å². The molecule has 1 aromatic heterocycles. The molecule has 1 heterocycles. The number of unbranched alkanes of at least 4 members (excludes halogenated alkanes) is 3. The molecule has 0 amide bonds. The molecule has 14 heavy (non-hydrogen) atoms. The first kappa shape index (κ1) is 13.1. The maximum absolute atomic E-state index is 5.28. The molecule has 0 aromatic carbocycles.